The van der Waals surface area contributed by atoms with E-state index in [4.69, 9.17) is 0 Å². The van der Waals surface area contributed by atoms with Crippen molar-refractivity contribution < 1.29 is 0 Å². The van der Waals surface area contributed by atoms with Crippen molar-refractivity contribution in [3.8, 4) is 0 Å². The van der Waals surface area contributed by atoms with E-state index >= 15 is 0 Å². The summed E-state index contributed by atoms with van der Waals surface area (Å²) in [5.74, 6) is 0. The molecule has 0 aliphatic heterocycles. The van der Waals surface area contributed by atoms with E-state index in [-0.39, 0.29) is 0 Å². The van der Waals surface area contributed by atoms with Gasteiger partial charge >= 0.3 is 46.5 Å². The molecule has 0 aromatic carbocycles. The Morgan fingerprint density at radius 2 is 1.67 bits per heavy atom. The van der Waals surface area contributed by atoms with E-state index in [0.29, 0.717) is 0 Å². The van der Waals surface area contributed by atoms with Gasteiger partial charge in [-0.25, -0.2) is 0 Å². The Balaban J connectivity index is 2.18. The van der Waals surface area contributed by atoms with Gasteiger partial charge in [-0.05, 0) is 0 Å². The molecule has 0 nitrogen and oxygen atoms in total. The van der Waals surface area contributed by atoms with Crippen molar-refractivity contribution in [1.82, 2.24) is 0 Å². The predicted molar refractivity (Wildman–Crippen MR) is 27.6 cm³/mol. The van der Waals surface area contributed by atoms with Crippen molar-refractivity contribution >= 4 is 16.0 Å². The van der Waals surface area contributed by atoms with Crippen LogP contribution in [0.5, 0.6) is 0 Å². The zero-order valence-corrected chi connectivity index (χ0v) is 5.13. The van der Waals surface area contributed by atoms with Crippen molar-refractivity contribution in [3.05, 3.63) is 30.5 Å². The Hall–Kier alpha value is 0.519. The van der Waals surface area contributed by atoms with Crippen LogP contribution in [0, 0.1) is 30.5 Å². The molecule has 0 spiro atoms. The minimum atomic E-state index is 1.28. The van der Waals surface area contributed by atoms with Gasteiger partial charge in [-0.2, -0.15) is 0 Å². The molecule has 0 unspecified atom stereocenters. The molecule has 31 valence electrons. The summed E-state index contributed by atoms with van der Waals surface area (Å²) >= 11 is 2.48. The molecule has 0 saturated heterocycles. The number of hydrogen-bond donors (Lipinski definition) is 0. The fourth-order valence-corrected chi connectivity index (χ4v) is 0.725. The predicted octanol–water partition coefficient (Wildman–Crippen LogP) is 0.250. The molecule has 1 fully saturated rings. The van der Waals surface area contributed by atoms with E-state index in [1.807, 2.05) is 12.8 Å². The van der Waals surface area contributed by atoms with Gasteiger partial charge in [0.25, 0.3) is 0 Å². The first-order chi connectivity index (χ1) is 2.89. The van der Waals surface area contributed by atoms with Crippen LogP contribution in [0.2, 0.25) is 0 Å². The summed E-state index contributed by atoms with van der Waals surface area (Å²) in [4.78, 5) is 1.28. The van der Waals surface area contributed by atoms with Crippen LogP contribution in [-0.2, 0) is 0 Å². The van der Waals surface area contributed by atoms with E-state index in [1.165, 1.54) is 4.82 Å². The Bertz CT molecular complexity index is 37.2. The fraction of sp³-hybridized carbons (Fsp3) is 0. The van der Waals surface area contributed by atoms with Gasteiger partial charge < -0.3 is 0 Å². The zero-order chi connectivity index (χ0) is 4.41. The molecule has 1 aliphatic carbocycles. The molecule has 0 atom stereocenters. The molecule has 1 rings (SSSR count). The molecule has 1 aliphatic rings. The van der Waals surface area contributed by atoms with Gasteiger partial charge in [-0.3, -0.25) is 0 Å². The minimum absolute atomic E-state index is 1.28. The van der Waals surface area contributed by atoms with Crippen molar-refractivity contribution in [2.24, 2.45) is 0 Å². The summed E-state index contributed by atoms with van der Waals surface area (Å²) in [7, 11) is 0. The van der Waals surface area contributed by atoms with E-state index in [9.17, 15) is 0 Å². The van der Waals surface area contributed by atoms with Crippen molar-refractivity contribution in [2.75, 3.05) is 0 Å². The third kappa shape index (κ3) is 0.990. The summed E-state index contributed by atoms with van der Waals surface area (Å²) in [6.45, 7) is 0. The molecule has 0 N–H and O–H groups in total. The summed E-state index contributed by atoms with van der Waals surface area (Å²) in [6, 6.07) is 0. The molecule has 0 bridgehead atoms. The molecular weight excluding hydrogens is 139 g/mol. The third-order valence-corrected chi connectivity index (χ3v) is 1.27. The average Bonchev–Trinajstić information content (AvgIpc) is 1.86. The SMILES string of the molecule is [SeH][C]1[CH][CH][CH][CH]1. The van der Waals surface area contributed by atoms with E-state index in [0.717, 1.165) is 0 Å². The molecule has 5 radical (unpaired) electrons. The molecule has 1 saturated carbocycles. The first-order valence-corrected chi connectivity index (χ1v) is 2.74. The Morgan fingerprint density at radius 1 is 1.17 bits per heavy atom. The van der Waals surface area contributed by atoms with Gasteiger partial charge in [0.05, 0.1) is 0 Å². The van der Waals surface area contributed by atoms with Crippen LogP contribution in [-0.4, -0.2) is 16.0 Å². The van der Waals surface area contributed by atoms with Crippen molar-refractivity contribution in [1.29, 1.82) is 0 Å². The van der Waals surface area contributed by atoms with Crippen LogP contribution < -0.4 is 0 Å². The van der Waals surface area contributed by atoms with Crippen LogP contribution in [0.1, 0.15) is 0 Å². The first kappa shape index (κ1) is 4.67. The summed E-state index contributed by atoms with van der Waals surface area (Å²) in [5, 5.41) is 0. The van der Waals surface area contributed by atoms with Gasteiger partial charge in [-0.1, -0.05) is 0 Å². The maximum atomic E-state index is 2.48. The molecule has 0 aromatic heterocycles. The number of hydrogen-bond acceptors (Lipinski definition) is 0. The van der Waals surface area contributed by atoms with Crippen LogP contribution in [0.3, 0.4) is 0 Å². The summed E-state index contributed by atoms with van der Waals surface area (Å²) in [5.41, 5.74) is 0. The van der Waals surface area contributed by atoms with Crippen molar-refractivity contribution in [3.63, 3.8) is 0 Å². The molecule has 0 aromatic rings. The second kappa shape index (κ2) is 1.99. The van der Waals surface area contributed by atoms with E-state index < -0.39 is 0 Å². The fourth-order valence-electron chi connectivity index (χ4n) is 0.364. The molecular formula is C5H5Se. The molecule has 0 amide bonds. The Kier molecular flexibility index (Phi) is 1.55. The second-order valence-corrected chi connectivity index (χ2v) is 2.23. The molecule has 0 heterocycles. The average molecular weight is 144 g/mol. The second-order valence-electron chi connectivity index (χ2n) is 1.14. The van der Waals surface area contributed by atoms with Gasteiger partial charge in [0, 0.05) is 0 Å². The number of rotatable bonds is 0. The normalized spacial score (nSPS) is 25.5. The van der Waals surface area contributed by atoms with Gasteiger partial charge in [0.2, 0.25) is 0 Å². The third-order valence-electron chi connectivity index (χ3n) is 0.645. The summed E-state index contributed by atoms with van der Waals surface area (Å²) < 4.78 is 0. The zero-order valence-electron chi connectivity index (χ0n) is 3.26. The van der Waals surface area contributed by atoms with E-state index in [1.54, 1.807) is 0 Å². The van der Waals surface area contributed by atoms with Crippen LogP contribution >= 0.6 is 0 Å². The summed E-state index contributed by atoms with van der Waals surface area (Å²) in [6.07, 6.45) is 8.15. The van der Waals surface area contributed by atoms with E-state index in [2.05, 4.69) is 28.9 Å². The van der Waals surface area contributed by atoms with Gasteiger partial charge in [0.15, 0.2) is 0 Å². The van der Waals surface area contributed by atoms with Crippen LogP contribution in [0.15, 0.2) is 0 Å². The monoisotopic (exact) mass is 145 g/mol. The topological polar surface area (TPSA) is 0 Å². The maximum absolute atomic E-state index is 2.48. The quantitative estimate of drug-likeness (QED) is 0.427. The standard InChI is InChI=1S/C5H5Se/c6-5-3-1-2-4-5/h1-4,6H. The molecule has 6 heavy (non-hydrogen) atoms. The van der Waals surface area contributed by atoms with Gasteiger partial charge in [-0.15, -0.1) is 0 Å². The van der Waals surface area contributed by atoms with Crippen molar-refractivity contribution in [2.45, 2.75) is 0 Å². The Labute approximate surface area is 47.1 Å². The molecule has 1 heteroatoms. The van der Waals surface area contributed by atoms with Crippen LogP contribution in [0.25, 0.3) is 0 Å². The van der Waals surface area contributed by atoms with Crippen LogP contribution in [0.4, 0.5) is 0 Å². The van der Waals surface area contributed by atoms with Gasteiger partial charge in [0.1, 0.15) is 0 Å². The Morgan fingerprint density at radius 3 is 1.83 bits per heavy atom. The first-order valence-electron chi connectivity index (χ1n) is 1.80.